The van der Waals surface area contributed by atoms with Crippen molar-refractivity contribution in [2.24, 2.45) is 0 Å². The number of hydrogen-bond acceptors (Lipinski definition) is 4. The maximum absolute atomic E-state index is 12.5. The van der Waals surface area contributed by atoms with Crippen LogP contribution in [0.4, 0.5) is 5.69 Å². The summed E-state index contributed by atoms with van der Waals surface area (Å²) in [6.45, 7) is 3.17. The van der Waals surface area contributed by atoms with Crippen molar-refractivity contribution in [2.75, 3.05) is 11.9 Å². The summed E-state index contributed by atoms with van der Waals surface area (Å²) >= 11 is 0. The highest BCUT2D eigenvalue weighted by Crippen LogP contribution is 2.18. The van der Waals surface area contributed by atoms with Crippen molar-refractivity contribution in [1.29, 1.82) is 0 Å². The maximum atomic E-state index is 12.5. The molecule has 0 saturated carbocycles. The first-order chi connectivity index (χ1) is 14.6. The van der Waals surface area contributed by atoms with Gasteiger partial charge in [0.2, 0.25) is 0 Å². The lowest BCUT2D eigenvalue weighted by atomic mass is 10.1. The minimum Gasteiger partial charge on any atom is -0.459 e. The Hall–Kier alpha value is -3.87. The molecule has 0 radical (unpaired) electrons. The van der Waals surface area contributed by atoms with Crippen LogP contribution in [0.3, 0.4) is 0 Å². The molecule has 0 spiro atoms. The summed E-state index contributed by atoms with van der Waals surface area (Å²) in [5.41, 5.74) is 3.97. The van der Waals surface area contributed by atoms with Crippen molar-refractivity contribution in [3.8, 4) is 0 Å². The van der Waals surface area contributed by atoms with E-state index < -0.39 is 0 Å². The Labute approximate surface area is 173 Å². The fourth-order valence-corrected chi connectivity index (χ4v) is 3.23. The van der Waals surface area contributed by atoms with Crippen LogP contribution in [-0.4, -0.2) is 27.9 Å². The highest BCUT2D eigenvalue weighted by Gasteiger charge is 2.13. The molecule has 0 aliphatic carbocycles. The number of nitrogens with zero attached hydrogens (tertiary/aromatic N) is 2. The molecule has 7 nitrogen and oxygen atoms in total. The van der Waals surface area contributed by atoms with Gasteiger partial charge in [0.25, 0.3) is 11.8 Å². The molecular weight excluding hydrogens is 380 g/mol. The summed E-state index contributed by atoms with van der Waals surface area (Å²) in [6.07, 6.45) is 4.04. The van der Waals surface area contributed by atoms with Gasteiger partial charge >= 0.3 is 0 Å². The zero-order valence-electron chi connectivity index (χ0n) is 16.6. The molecule has 0 saturated heterocycles. The van der Waals surface area contributed by atoms with Crippen molar-refractivity contribution in [3.63, 3.8) is 0 Å². The van der Waals surface area contributed by atoms with E-state index in [1.54, 1.807) is 24.3 Å². The van der Waals surface area contributed by atoms with E-state index in [-0.39, 0.29) is 17.6 Å². The zero-order chi connectivity index (χ0) is 20.9. The zero-order valence-corrected chi connectivity index (χ0v) is 16.6. The predicted octanol–water partition coefficient (Wildman–Crippen LogP) is 4.01. The summed E-state index contributed by atoms with van der Waals surface area (Å²) in [5.74, 6) is -0.316. The highest BCUT2D eigenvalue weighted by atomic mass is 16.3. The average Bonchev–Trinajstić information content (AvgIpc) is 3.43. The van der Waals surface area contributed by atoms with Gasteiger partial charge < -0.3 is 19.6 Å². The van der Waals surface area contributed by atoms with Gasteiger partial charge in [-0.2, -0.15) is 0 Å². The normalized spacial score (nSPS) is 10.8. The van der Waals surface area contributed by atoms with Gasteiger partial charge in [-0.25, -0.2) is 4.98 Å². The number of benzene rings is 2. The van der Waals surface area contributed by atoms with Crippen LogP contribution in [-0.2, 0) is 6.54 Å². The van der Waals surface area contributed by atoms with E-state index >= 15 is 0 Å². The average molecular weight is 402 g/mol. The van der Waals surface area contributed by atoms with Crippen LogP contribution >= 0.6 is 0 Å². The number of anilines is 1. The van der Waals surface area contributed by atoms with Gasteiger partial charge in [0, 0.05) is 24.3 Å². The molecule has 2 N–H and O–H groups in total. The summed E-state index contributed by atoms with van der Waals surface area (Å²) in [4.78, 5) is 29.1. The van der Waals surface area contributed by atoms with Crippen molar-refractivity contribution >= 4 is 28.5 Å². The molecule has 0 fully saturated rings. The number of rotatable bonds is 7. The van der Waals surface area contributed by atoms with Crippen molar-refractivity contribution in [2.45, 2.75) is 19.9 Å². The summed E-state index contributed by atoms with van der Waals surface area (Å²) < 4.78 is 7.19. The van der Waals surface area contributed by atoms with Crippen molar-refractivity contribution < 1.29 is 14.0 Å². The third kappa shape index (κ3) is 4.25. The molecule has 152 valence electrons. The molecule has 2 amide bonds. The Balaban J connectivity index is 1.33. The van der Waals surface area contributed by atoms with Gasteiger partial charge in [-0.05, 0) is 55.3 Å². The molecule has 0 aliphatic rings. The fraction of sp³-hybridized carbons (Fsp3) is 0.174. The number of aromatic nitrogens is 2. The Morgan fingerprint density at radius 2 is 1.93 bits per heavy atom. The van der Waals surface area contributed by atoms with Crippen LogP contribution in [0.15, 0.2) is 71.6 Å². The number of furan rings is 1. The second-order valence-corrected chi connectivity index (χ2v) is 7.00. The highest BCUT2D eigenvalue weighted by molar-refractivity contribution is 6.03. The fourth-order valence-electron chi connectivity index (χ4n) is 3.23. The standard InChI is InChI=1S/C23H22N4O3/c1-16-9-10-17(14-19(16)26-23(29)21-8-4-13-30-21)22(28)24-11-5-12-27-15-25-18-6-2-3-7-20(18)27/h2-4,6-10,13-15H,5,11-12H2,1H3,(H,24,28)(H,26,29). The lowest BCUT2D eigenvalue weighted by molar-refractivity contribution is 0.0950. The van der Waals surface area contributed by atoms with Crippen LogP contribution in [0, 0.1) is 6.92 Å². The number of hydrogen-bond donors (Lipinski definition) is 2. The minimum atomic E-state index is -0.354. The summed E-state index contributed by atoms with van der Waals surface area (Å²) in [7, 11) is 0. The topological polar surface area (TPSA) is 89.2 Å². The van der Waals surface area contributed by atoms with Gasteiger partial charge in [-0.3, -0.25) is 9.59 Å². The molecule has 30 heavy (non-hydrogen) atoms. The van der Waals surface area contributed by atoms with E-state index in [4.69, 9.17) is 4.42 Å². The Kier molecular flexibility index (Phi) is 5.61. The van der Waals surface area contributed by atoms with Gasteiger partial charge in [0.15, 0.2) is 5.76 Å². The first kappa shape index (κ1) is 19.4. The number of imidazole rings is 1. The first-order valence-electron chi connectivity index (χ1n) is 9.75. The van der Waals surface area contributed by atoms with Crippen LogP contribution in [0.2, 0.25) is 0 Å². The first-order valence-corrected chi connectivity index (χ1v) is 9.75. The number of nitrogens with one attached hydrogen (secondary N) is 2. The monoisotopic (exact) mass is 402 g/mol. The second kappa shape index (κ2) is 8.65. The number of amides is 2. The second-order valence-electron chi connectivity index (χ2n) is 7.00. The molecule has 2 aromatic carbocycles. The largest absolute Gasteiger partial charge is 0.459 e. The smallest absolute Gasteiger partial charge is 0.291 e. The van der Waals surface area contributed by atoms with Crippen LogP contribution in [0.1, 0.15) is 32.9 Å². The summed E-state index contributed by atoms with van der Waals surface area (Å²) in [6, 6.07) is 16.4. The van der Waals surface area contributed by atoms with E-state index in [1.165, 1.54) is 6.26 Å². The van der Waals surface area contributed by atoms with E-state index in [1.807, 2.05) is 43.6 Å². The van der Waals surface area contributed by atoms with E-state index in [0.717, 1.165) is 29.6 Å². The molecule has 2 aromatic heterocycles. The third-order valence-electron chi connectivity index (χ3n) is 4.88. The van der Waals surface area contributed by atoms with E-state index in [9.17, 15) is 9.59 Å². The molecule has 7 heteroatoms. The van der Waals surface area contributed by atoms with Gasteiger partial charge in [-0.1, -0.05) is 18.2 Å². The Morgan fingerprint density at radius 1 is 1.07 bits per heavy atom. The predicted molar refractivity (Wildman–Crippen MR) is 115 cm³/mol. The lowest BCUT2D eigenvalue weighted by Crippen LogP contribution is -2.25. The number of carbonyl (C=O) groups is 2. The molecule has 4 aromatic rings. The van der Waals surface area contributed by atoms with Crippen molar-refractivity contribution in [3.05, 3.63) is 84.1 Å². The molecule has 0 atom stereocenters. The van der Waals surface area contributed by atoms with Gasteiger partial charge in [-0.15, -0.1) is 0 Å². The van der Waals surface area contributed by atoms with Crippen LogP contribution < -0.4 is 10.6 Å². The van der Waals surface area contributed by atoms with Gasteiger partial charge in [0.1, 0.15) is 0 Å². The van der Waals surface area contributed by atoms with Crippen LogP contribution in [0.5, 0.6) is 0 Å². The Morgan fingerprint density at radius 3 is 2.77 bits per heavy atom. The lowest BCUT2D eigenvalue weighted by Gasteiger charge is -2.11. The quantitative estimate of drug-likeness (QED) is 0.457. The SMILES string of the molecule is Cc1ccc(C(=O)NCCCn2cnc3ccccc32)cc1NC(=O)c1ccco1. The van der Waals surface area contributed by atoms with E-state index in [2.05, 4.69) is 20.2 Å². The molecule has 0 bridgehead atoms. The maximum Gasteiger partial charge on any atom is 0.291 e. The Bertz CT molecular complexity index is 1180. The number of para-hydroxylation sites is 2. The number of aryl methyl sites for hydroxylation is 2. The minimum absolute atomic E-state index is 0.181. The number of fused-ring (bicyclic) bond motifs is 1. The summed E-state index contributed by atoms with van der Waals surface area (Å²) in [5, 5.41) is 5.72. The van der Waals surface area contributed by atoms with Gasteiger partial charge in [0.05, 0.1) is 23.6 Å². The molecule has 2 heterocycles. The number of carbonyl (C=O) groups excluding carboxylic acids is 2. The molecule has 4 rings (SSSR count). The third-order valence-corrected chi connectivity index (χ3v) is 4.88. The molecule has 0 unspecified atom stereocenters. The van der Waals surface area contributed by atoms with Crippen molar-refractivity contribution in [1.82, 2.24) is 14.9 Å². The molecule has 0 aliphatic heterocycles. The molecular formula is C23H22N4O3. The van der Waals surface area contributed by atoms with Crippen LogP contribution in [0.25, 0.3) is 11.0 Å². The van der Waals surface area contributed by atoms with E-state index in [0.29, 0.717) is 17.8 Å².